The summed E-state index contributed by atoms with van der Waals surface area (Å²) in [5.74, 6) is -0.138. The third-order valence-corrected chi connectivity index (χ3v) is 10.5. The van der Waals surface area contributed by atoms with Gasteiger partial charge in [-0.15, -0.1) is 0 Å². The van der Waals surface area contributed by atoms with Crippen LogP contribution in [-0.2, 0) is 26.0 Å². The summed E-state index contributed by atoms with van der Waals surface area (Å²) in [7, 11) is -3.86. The molecule has 3 aromatic carbocycles. The molecule has 6 nitrogen and oxygen atoms in total. The Hall–Kier alpha value is -3.68. The zero-order valence-electron chi connectivity index (χ0n) is 21.7. The molecule has 39 heavy (non-hydrogen) atoms. The van der Waals surface area contributed by atoms with Crippen LogP contribution < -0.4 is 0 Å². The lowest BCUT2D eigenvalue weighted by atomic mass is 9.73. The Labute approximate surface area is 228 Å². The molecule has 0 bridgehead atoms. The third-order valence-electron chi connectivity index (χ3n) is 8.75. The van der Waals surface area contributed by atoms with Crippen LogP contribution in [-0.4, -0.2) is 36.0 Å². The van der Waals surface area contributed by atoms with Crippen LogP contribution in [0.2, 0.25) is 0 Å². The normalized spacial score (nSPS) is 26.2. The van der Waals surface area contributed by atoms with Gasteiger partial charge in [0, 0.05) is 17.2 Å². The SMILES string of the molecule is CC[C@@H]1[C@@H]2C=Cc3c(c4ccccc4n3S(=O)(=O)c3ccccc3)C[C@@H]2C(=O)N2[C@H](c3ccccc3)CO[C@@H]12. The topological polar surface area (TPSA) is 68.6 Å². The number of benzene rings is 3. The largest absolute Gasteiger partial charge is 0.355 e. The number of hydrogen-bond donors (Lipinski definition) is 0. The number of ether oxygens (including phenoxy) is 1. The highest BCUT2D eigenvalue weighted by Gasteiger charge is 2.53. The van der Waals surface area contributed by atoms with Gasteiger partial charge in [0.1, 0.15) is 6.23 Å². The van der Waals surface area contributed by atoms with Crippen LogP contribution in [0.5, 0.6) is 0 Å². The molecule has 1 amide bonds. The molecule has 4 aromatic rings. The summed E-state index contributed by atoms with van der Waals surface area (Å²) < 4.78 is 35.8. The summed E-state index contributed by atoms with van der Waals surface area (Å²) >= 11 is 0. The molecule has 2 fully saturated rings. The van der Waals surface area contributed by atoms with E-state index in [9.17, 15) is 13.2 Å². The van der Waals surface area contributed by atoms with Crippen molar-refractivity contribution in [2.24, 2.45) is 17.8 Å². The number of hydrogen-bond acceptors (Lipinski definition) is 4. The van der Waals surface area contributed by atoms with Crippen LogP contribution in [0.25, 0.3) is 17.0 Å². The van der Waals surface area contributed by atoms with Crippen molar-refractivity contribution >= 4 is 32.9 Å². The average Bonchev–Trinajstić information content (AvgIpc) is 3.49. The first-order chi connectivity index (χ1) is 19.0. The van der Waals surface area contributed by atoms with Crippen molar-refractivity contribution < 1.29 is 17.9 Å². The van der Waals surface area contributed by atoms with E-state index in [1.807, 2.05) is 59.5 Å². The number of para-hydroxylation sites is 1. The maximum Gasteiger partial charge on any atom is 0.268 e. The fraction of sp³-hybridized carbons (Fsp3) is 0.281. The quantitative estimate of drug-likeness (QED) is 0.337. The molecule has 5 atom stereocenters. The Morgan fingerprint density at radius 2 is 1.62 bits per heavy atom. The first-order valence-electron chi connectivity index (χ1n) is 13.6. The van der Waals surface area contributed by atoms with Crippen molar-refractivity contribution in [1.29, 1.82) is 0 Å². The van der Waals surface area contributed by atoms with E-state index < -0.39 is 10.0 Å². The zero-order chi connectivity index (χ0) is 26.7. The van der Waals surface area contributed by atoms with Gasteiger partial charge in [0.2, 0.25) is 5.91 Å². The average molecular weight is 539 g/mol. The van der Waals surface area contributed by atoms with Gasteiger partial charge in [0.25, 0.3) is 10.0 Å². The fourth-order valence-electron chi connectivity index (χ4n) is 6.95. The zero-order valence-corrected chi connectivity index (χ0v) is 22.5. The van der Waals surface area contributed by atoms with Crippen molar-refractivity contribution in [2.45, 2.75) is 36.9 Å². The molecule has 7 heteroatoms. The van der Waals surface area contributed by atoms with E-state index in [-0.39, 0.29) is 40.8 Å². The Balaban J connectivity index is 1.38. The monoisotopic (exact) mass is 538 g/mol. The minimum absolute atomic E-state index is 0.0442. The van der Waals surface area contributed by atoms with Crippen LogP contribution in [0.1, 0.15) is 36.2 Å². The Bertz CT molecular complexity index is 1690. The van der Waals surface area contributed by atoms with Gasteiger partial charge in [-0.2, -0.15) is 0 Å². The van der Waals surface area contributed by atoms with E-state index in [0.29, 0.717) is 24.2 Å². The number of allylic oxidation sites excluding steroid dienone is 1. The second-order valence-corrected chi connectivity index (χ2v) is 12.5. The van der Waals surface area contributed by atoms with Crippen LogP contribution in [0.15, 0.2) is 95.9 Å². The van der Waals surface area contributed by atoms with E-state index in [0.717, 1.165) is 22.9 Å². The molecule has 0 unspecified atom stereocenters. The number of carbonyl (C=O) groups excluding carboxylic acids is 1. The minimum atomic E-state index is -3.86. The van der Waals surface area contributed by atoms with E-state index in [4.69, 9.17) is 4.74 Å². The van der Waals surface area contributed by atoms with E-state index in [1.165, 1.54) is 3.97 Å². The molecule has 0 saturated carbocycles. The van der Waals surface area contributed by atoms with Crippen molar-refractivity contribution in [3.63, 3.8) is 0 Å². The maximum absolute atomic E-state index is 14.3. The Morgan fingerprint density at radius 3 is 2.36 bits per heavy atom. The lowest BCUT2D eigenvalue weighted by Crippen LogP contribution is -2.54. The first kappa shape index (κ1) is 24.4. The fourth-order valence-corrected chi connectivity index (χ4v) is 8.51. The van der Waals surface area contributed by atoms with Gasteiger partial charge in [-0.3, -0.25) is 4.79 Å². The predicted octanol–water partition coefficient (Wildman–Crippen LogP) is 5.65. The number of carbonyl (C=O) groups is 1. The summed E-state index contributed by atoms with van der Waals surface area (Å²) in [6, 6.07) is 26.1. The van der Waals surface area contributed by atoms with Crippen LogP contribution >= 0.6 is 0 Å². The first-order valence-corrected chi connectivity index (χ1v) is 15.0. The van der Waals surface area contributed by atoms with Gasteiger partial charge in [-0.1, -0.05) is 79.7 Å². The molecule has 3 aliphatic rings. The number of nitrogens with zero attached hydrogens (tertiary/aromatic N) is 2. The lowest BCUT2D eigenvalue weighted by Gasteiger charge is -2.45. The van der Waals surface area contributed by atoms with Gasteiger partial charge in [0.15, 0.2) is 0 Å². The molecule has 2 saturated heterocycles. The highest BCUT2D eigenvalue weighted by atomic mass is 32.2. The molecule has 0 radical (unpaired) electrons. The summed E-state index contributed by atoms with van der Waals surface area (Å²) in [6.07, 6.45) is 5.06. The molecular formula is C32H30N2O4S. The van der Waals surface area contributed by atoms with E-state index in [1.54, 1.807) is 24.3 Å². The highest BCUT2D eigenvalue weighted by molar-refractivity contribution is 7.90. The predicted molar refractivity (Wildman–Crippen MR) is 150 cm³/mol. The van der Waals surface area contributed by atoms with Gasteiger partial charge in [-0.05, 0) is 54.2 Å². The summed E-state index contributed by atoms with van der Waals surface area (Å²) in [5, 5.41) is 0.873. The molecule has 2 aliphatic heterocycles. The standard InChI is InChI=1S/C32H30N2O4S/c1-2-23-24-17-18-29-26(19-27(24)31(35)33-30(20-38-32(23)33)21-11-5-3-6-12-21)25-15-9-10-16-28(25)34(29)39(36,37)22-13-7-4-8-14-22/h3-18,23-24,27,30,32H,2,19-20H2,1H3/t23-,24+,27+,30+,32+/m1/s1. The number of piperidine rings is 1. The molecule has 0 spiro atoms. The molecule has 1 aliphatic carbocycles. The molecule has 7 rings (SSSR count). The number of fused-ring (bicyclic) bond motifs is 5. The van der Waals surface area contributed by atoms with Gasteiger partial charge in [-0.25, -0.2) is 12.4 Å². The second-order valence-electron chi connectivity index (χ2n) is 10.7. The smallest absolute Gasteiger partial charge is 0.268 e. The summed E-state index contributed by atoms with van der Waals surface area (Å²) in [4.78, 5) is 16.5. The van der Waals surface area contributed by atoms with E-state index >= 15 is 0 Å². The van der Waals surface area contributed by atoms with Crippen molar-refractivity contribution in [3.8, 4) is 0 Å². The number of amides is 1. The summed E-state index contributed by atoms with van der Waals surface area (Å²) in [5.41, 5.74) is 3.26. The van der Waals surface area contributed by atoms with Gasteiger partial charge >= 0.3 is 0 Å². The molecule has 1 aromatic heterocycles. The van der Waals surface area contributed by atoms with E-state index in [2.05, 4.69) is 25.1 Å². The molecular weight excluding hydrogens is 508 g/mol. The number of rotatable bonds is 4. The third kappa shape index (κ3) is 3.63. The lowest BCUT2D eigenvalue weighted by molar-refractivity contribution is -0.159. The van der Waals surface area contributed by atoms with Crippen molar-refractivity contribution in [1.82, 2.24) is 8.87 Å². The van der Waals surface area contributed by atoms with Gasteiger partial charge < -0.3 is 9.64 Å². The Kier molecular flexibility index (Phi) is 5.75. The van der Waals surface area contributed by atoms with Crippen LogP contribution in [0, 0.1) is 17.8 Å². The number of aromatic nitrogens is 1. The van der Waals surface area contributed by atoms with Gasteiger partial charge in [0.05, 0.1) is 28.8 Å². The molecule has 3 heterocycles. The molecule has 198 valence electrons. The summed E-state index contributed by atoms with van der Waals surface area (Å²) in [6.45, 7) is 2.64. The minimum Gasteiger partial charge on any atom is -0.355 e. The van der Waals surface area contributed by atoms with Crippen LogP contribution in [0.3, 0.4) is 0 Å². The van der Waals surface area contributed by atoms with Crippen LogP contribution in [0.4, 0.5) is 0 Å². The maximum atomic E-state index is 14.3. The van der Waals surface area contributed by atoms with Crippen molar-refractivity contribution in [2.75, 3.05) is 6.61 Å². The Morgan fingerprint density at radius 1 is 0.923 bits per heavy atom. The highest BCUT2D eigenvalue weighted by Crippen LogP contribution is 2.48. The van der Waals surface area contributed by atoms with Crippen molar-refractivity contribution in [3.05, 3.63) is 108 Å². The molecule has 0 N–H and O–H groups in total. The second kappa shape index (κ2) is 9.21.